The Bertz CT molecular complexity index is 604. The molecule has 0 spiro atoms. The fraction of sp³-hybridized carbons (Fsp3) is 0.0833. The van der Waals surface area contributed by atoms with Crippen LogP contribution in [0.1, 0.15) is 5.56 Å². The van der Waals surface area contributed by atoms with Crippen LogP contribution in [0.2, 0.25) is 15.1 Å². The highest BCUT2D eigenvalue weighted by Crippen LogP contribution is 2.36. The van der Waals surface area contributed by atoms with Crippen molar-refractivity contribution in [3.63, 3.8) is 0 Å². The van der Waals surface area contributed by atoms with E-state index in [1.807, 2.05) is 0 Å². The van der Waals surface area contributed by atoms with Crippen molar-refractivity contribution in [1.29, 1.82) is 0 Å². The summed E-state index contributed by atoms with van der Waals surface area (Å²) in [6.45, 7) is -0.446. The number of aromatic nitrogens is 1. The molecule has 1 aromatic carbocycles. The van der Waals surface area contributed by atoms with Gasteiger partial charge >= 0.3 is 0 Å². The van der Waals surface area contributed by atoms with Crippen molar-refractivity contribution in [2.24, 2.45) is 0 Å². The predicted molar refractivity (Wildman–Crippen MR) is 70.6 cm³/mol. The van der Waals surface area contributed by atoms with Gasteiger partial charge in [-0.25, -0.2) is 4.98 Å². The second-order valence-corrected chi connectivity index (χ2v) is 4.80. The van der Waals surface area contributed by atoms with Crippen molar-refractivity contribution >= 4 is 34.8 Å². The van der Waals surface area contributed by atoms with E-state index < -0.39 is 12.6 Å². The molecule has 0 aliphatic heterocycles. The van der Waals surface area contributed by atoms with Crippen LogP contribution in [0.25, 0.3) is 11.1 Å². The van der Waals surface area contributed by atoms with Gasteiger partial charge in [-0.3, -0.25) is 0 Å². The molecule has 18 heavy (non-hydrogen) atoms. The summed E-state index contributed by atoms with van der Waals surface area (Å²) in [4.78, 5) is 3.56. The Morgan fingerprint density at radius 2 is 1.89 bits per heavy atom. The Kier molecular flexibility index (Phi) is 4.07. The van der Waals surface area contributed by atoms with Crippen LogP contribution in [-0.4, -0.2) is 10.1 Å². The molecule has 0 saturated carbocycles. The summed E-state index contributed by atoms with van der Waals surface area (Å²) in [5, 5.41) is 10.0. The summed E-state index contributed by atoms with van der Waals surface area (Å²) in [6.07, 6.45) is 1.31. The number of rotatable bonds is 2. The van der Waals surface area contributed by atoms with Gasteiger partial charge in [0, 0.05) is 27.9 Å². The van der Waals surface area contributed by atoms with Crippen molar-refractivity contribution in [3.05, 3.63) is 51.0 Å². The zero-order chi connectivity index (χ0) is 13.3. The maximum atomic E-state index is 13.2. The van der Waals surface area contributed by atoms with E-state index in [0.29, 0.717) is 26.2 Å². The lowest BCUT2D eigenvalue weighted by Gasteiger charge is -2.08. The molecule has 0 atom stereocenters. The Balaban J connectivity index is 2.62. The average Bonchev–Trinajstić information content (AvgIpc) is 2.34. The van der Waals surface area contributed by atoms with Gasteiger partial charge in [-0.2, -0.15) is 4.39 Å². The molecule has 2 aromatic rings. The molecule has 2 rings (SSSR count). The van der Waals surface area contributed by atoms with Crippen molar-refractivity contribution < 1.29 is 9.50 Å². The lowest BCUT2D eigenvalue weighted by molar-refractivity contribution is 0.274. The van der Waals surface area contributed by atoms with Crippen LogP contribution in [-0.2, 0) is 6.61 Å². The molecule has 6 heteroatoms. The predicted octanol–water partition coefficient (Wildman–Crippen LogP) is 4.34. The number of aliphatic hydroxyl groups is 1. The molecule has 1 aromatic heterocycles. The van der Waals surface area contributed by atoms with Crippen molar-refractivity contribution in [3.8, 4) is 11.1 Å². The van der Waals surface area contributed by atoms with E-state index in [2.05, 4.69) is 4.98 Å². The third-order valence-electron chi connectivity index (χ3n) is 2.39. The number of benzene rings is 1. The molecule has 0 amide bonds. The number of aliphatic hydroxyl groups excluding tert-OH is 1. The lowest BCUT2D eigenvalue weighted by atomic mass is 10.1. The fourth-order valence-corrected chi connectivity index (χ4v) is 2.23. The van der Waals surface area contributed by atoms with E-state index in [4.69, 9.17) is 39.9 Å². The maximum Gasteiger partial charge on any atom is 0.218 e. The minimum absolute atomic E-state index is 0.0830. The van der Waals surface area contributed by atoms with Gasteiger partial charge < -0.3 is 5.11 Å². The molecule has 1 heterocycles. The van der Waals surface area contributed by atoms with E-state index in [9.17, 15) is 4.39 Å². The zero-order valence-electron chi connectivity index (χ0n) is 8.92. The van der Waals surface area contributed by atoms with E-state index in [1.54, 1.807) is 6.07 Å². The van der Waals surface area contributed by atoms with Crippen LogP contribution >= 0.6 is 34.8 Å². The second kappa shape index (κ2) is 5.41. The number of nitrogens with zero attached hydrogens (tertiary/aromatic N) is 1. The van der Waals surface area contributed by atoms with Gasteiger partial charge in [-0.1, -0.05) is 34.8 Å². The van der Waals surface area contributed by atoms with Gasteiger partial charge in [-0.15, -0.1) is 0 Å². The molecule has 2 nitrogen and oxygen atoms in total. The summed E-state index contributed by atoms with van der Waals surface area (Å²) in [6, 6.07) is 4.57. The van der Waals surface area contributed by atoms with Crippen LogP contribution < -0.4 is 0 Å². The number of halogens is 4. The smallest absolute Gasteiger partial charge is 0.218 e. The Morgan fingerprint density at radius 3 is 2.56 bits per heavy atom. The number of hydrogen-bond donors (Lipinski definition) is 1. The van der Waals surface area contributed by atoms with Gasteiger partial charge in [0.25, 0.3) is 0 Å². The lowest BCUT2D eigenvalue weighted by Crippen LogP contribution is -1.95. The minimum Gasteiger partial charge on any atom is -0.392 e. The summed E-state index contributed by atoms with van der Waals surface area (Å²) >= 11 is 17.9. The van der Waals surface area contributed by atoms with Crippen molar-refractivity contribution in [2.75, 3.05) is 0 Å². The van der Waals surface area contributed by atoms with E-state index in [-0.39, 0.29) is 5.56 Å². The molecule has 0 unspecified atom stereocenters. The molecular formula is C12H7Cl3FNO. The number of pyridine rings is 1. The zero-order valence-corrected chi connectivity index (χ0v) is 11.2. The fourth-order valence-electron chi connectivity index (χ4n) is 1.52. The molecular weight excluding hydrogens is 299 g/mol. The summed E-state index contributed by atoms with van der Waals surface area (Å²) in [5.41, 5.74) is 1.16. The van der Waals surface area contributed by atoms with E-state index >= 15 is 0 Å². The van der Waals surface area contributed by atoms with Gasteiger partial charge in [0.2, 0.25) is 5.95 Å². The first-order valence-electron chi connectivity index (χ1n) is 4.93. The van der Waals surface area contributed by atoms with Gasteiger partial charge in [0.05, 0.1) is 16.7 Å². The average molecular weight is 307 g/mol. The molecule has 0 fully saturated rings. The Labute approximate surface area is 118 Å². The highest BCUT2D eigenvalue weighted by molar-refractivity contribution is 6.45. The van der Waals surface area contributed by atoms with Gasteiger partial charge in [0.15, 0.2) is 0 Å². The SMILES string of the molecule is OCc1cc(-c2cc(Cl)cc(Cl)c2Cl)cnc1F. The highest BCUT2D eigenvalue weighted by Gasteiger charge is 2.12. The Morgan fingerprint density at radius 1 is 1.17 bits per heavy atom. The van der Waals surface area contributed by atoms with Crippen LogP contribution in [0.4, 0.5) is 4.39 Å². The molecule has 0 aliphatic rings. The van der Waals surface area contributed by atoms with Gasteiger partial charge in [0.1, 0.15) is 0 Å². The van der Waals surface area contributed by atoms with E-state index in [1.165, 1.54) is 18.3 Å². The molecule has 0 radical (unpaired) electrons. The monoisotopic (exact) mass is 305 g/mol. The van der Waals surface area contributed by atoms with Gasteiger partial charge in [-0.05, 0) is 18.2 Å². The van der Waals surface area contributed by atoms with Crippen LogP contribution in [0.15, 0.2) is 24.4 Å². The Hall–Kier alpha value is -0.870. The molecule has 0 bridgehead atoms. The standard InChI is InChI=1S/C12H7Cl3FNO/c13-8-2-9(11(15)10(14)3-8)6-1-7(5-18)12(16)17-4-6/h1-4,18H,5H2. The third kappa shape index (κ3) is 2.59. The van der Waals surface area contributed by atoms with Crippen LogP contribution in [0, 0.1) is 5.95 Å². The summed E-state index contributed by atoms with van der Waals surface area (Å²) in [5.74, 6) is -0.717. The summed E-state index contributed by atoms with van der Waals surface area (Å²) in [7, 11) is 0. The van der Waals surface area contributed by atoms with E-state index in [0.717, 1.165) is 0 Å². The topological polar surface area (TPSA) is 33.1 Å². The van der Waals surface area contributed by atoms with Crippen molar-refractivity contribution in [1.82, 2.24) is 4.98 Å². The normalized spacial score (nSPS) is 10.7. The highest BCUT2D eigenvalue weighted by atomic mass is 35.5. The maximum absolute atomic E-state index is 13.2. The van der Waals surface area contributed by atoms with Crippen LogP contribution in [0.5, 0.6) is 0 Å². The number of hydrogen-bond acceptors (Lipinski definition) is 2. The largest absolute Gasteiger partial charge is 0.392 e. The molecule has 0 saturated heterocycles. The third-order valence-corrected chi connectivity index (χ3v) is 3.41. The second-order valence-electron chi connectivity index (χ2n) is 3.58. The quantitative estimate of drug-likeness (QED) is 0.661. The molecule has 0 aliphatic carbocycles. The van der Waals surface area contributed by atoms with Crippen molar-refractivity contribution in [2.45, 2.75) is 6.61 Å². The first-order valence-corrected chi connectivity index (χ1v) is 6.06. The molecule has 1 N–H and O–H groups in total. The minimum atomic E-state index is -0.717. The molecule has 94 valence electrons. The summed E-state index contributed by atoms with van der Waals surface area (Å²) < 4.78 is 13.2. The van der Waals surface area contributed by atoms with Crippen LogP contribution in [0.3, 0.4) is 0 Å². The first kappa shape index (κ1) is 13.6. The first-order chi connectivity index (χ1) is 8.52.